The van der Waals surface area contributed by atoms with Crippen LogP contribution in [0, 0.1) is 0 Å². The minimum absolute atomic E-state index is 0.286. The maximum Gasteiger partial charge on any atom is 0.188 e. The van der Waals surface area contributed by atoms with Gasteiger partial charge in [-0.25, -0.2) is 0 Å². The number of rotatable bonds is 2. The van der Waals surface area contributed by atoms with Crippen molar-refractivity contribution in [1.29, 1.82) is 0 Å². The molecule has 0 aliphatic heterocycles. The lowest BCUT2D eigenvalue weighted by atomic mass is 10.2. The Morgan fingerprint density at radius 1 is 0.786 bits per heavy atom. The van der Waals surface area contributed by atoms with E-state index in [1.165, 1.54) is 0 Å². The highest BCUT2D eigenvalue weighted by atomic mass is 31.1. The van der Waals surface area contributed by atoms with Crippen molar-refractivity contribution in [2.24, 2.45) is 0 Å². The predicted molar refractivity (Wildman–Crippen MR) is 70.9 cm³/mol. The van der Waals surface area contributed by atoms with E-state index in [1.807, 2.05) is 0 Å². The minimum Gasteiger partial charge on any atom is -0.395 e. The van der Waals surface area contributed by atoms with Crippen molar-refractivity contribution in [3.63, 3.8) is 0 Å². The first-order valence-electron chi connectivity index (χ1n) is 5.33. The molecule has 0 aliphatic rings. The minimum atomic E-state index is -1.41. The summed E-state index contributed by atoms with van der Waals surface area (Å²) < 4.78 is 6.37. The van der Waals surface area contributed by atoms with Crippen LogP contribution in [0.4, 0.5) is 0 Å². The normalized spacial score (nSPS) is 15.0. The zero-order chi connectivity index (χ0) is 11.8. The average Bonchev–Trinajstić information content (AvgIpc) is 1.75. The monoisotopic (exact) mass is 234 g/mol. The van der Waals surface area contributed by atoms with Gasteiger partial charge in [0.2, 0.25) is 0 Å². The summed E-state index contributed by atoms with van der Waals surface area (Å²) in [6, 6.07) is 0. The molecule has 86 valence electrons. The molecule has 0 spiro atoms. The van der Waals surface area contributed by atoms with Crippen LogP contribution >= 0.6 is 8.15 Å². The van der Waals surface area contributed by atoms with E-state index in [4.69, 9.17) is 4.21 Å². The summed E-state index contributed by atoms with van der Waals surface area (Å²) in [6.07, 6.45) is 0. The molecular weight excluding hydrogens is 207 g/mol. The van der Waals surface area contributed by atoms with Crippen LogP contribution in [0.2, 0.25) is 19.6 Å². The van der Waals surface area contributed by atoms with Gasteiger partial charge in [-0.1, -0.05) is 41.5 Å². The summed E-state index contributed by atoms with van der Waals surface area (Å²) in [6.45, 7) is 20.6. The molecule has 14 heavy (non-hydrogen) atoms. The molecule has 0 unspecified atom stereocenters. The molecule has 0 rings (SSSR count). The van der Waals surface area contributed by atoms with Crippen LogP contribution in [0.3, 0.4) is 0 Å². The summed E-state index contributed by atoms with van der Waals surface area (Å²) in [4.78, 5) is 0. The summed E-state index contributed by atoms with van der Waals surface area (Å²) in [7, 11) is -1.78. The number of hydrogen-bond acceptors (Lipinski definition) is 1. The van der Waals surface area contributed by atoms with E-state index < -0.39 is 8.32 Å². The Hall–Kier alpha value is 0.607. The van der Waals surface area contributed by atoms with Crippen molar-refractivity contribution >= 4 is 16.5 Å². The highest BCUT2D eigenvalue weighted by Crippen LogP contribution is 2.61. The lowest BCUT2D eigenvalue weighted by Gasteiger charge is -2.43. The third-order valence-corrected chi connectivity index (χ3v) is 6.94. The summed E-state index contributed by atoms with van der Waals surface area (Å²) in [5.74, 6) is 0. The van der Waals surface area contributed by atoms with Gasteiger partial charge in [-0.15, -0.1) is 0 Å². The molecule has 0 aromatic heterocycles. The van der Waals surface area contributed by atoms with Crippen LogP contribution < -0.4 is 0 Å². The first-order chi connectivity index (χ1) is 5.84. The predicted octanol–water partition coefficient (Wildman–Crippen LogP) is 4.83. The van der Waals surface area contributed by atoms with Crippen molar-refractivity contribution in [3.8, 4) is 0 Å². The topological polar surface area (TPSA) is 9.23 Å². The first kappa shape index (κ1) is 14.6. The van der Waals surface area contributed by atoms with E-state index in [-0.39, 0.29) is 18.5 Å². The van der Waals surface area contributed by atoms with Crippen LogP contribution in [0.5, 0.6) is 0 Å². The molecule has 3 heteroatoms. The fourth-order valence-corrected chi connectivity index (χ4v) is 7.95. The van der Waals surface area contributed by atoms with Gasteiger partial charge >= 0.3 is 0 Å². The van der Waals surface area contributed by atoms with Gasteiger partial charge in [-0.3, -0.25) is 0 Å². The molecule has 1 nitrogen and oxygen atoms in total. The van der Waals surface area contributed by atoms with Crippen molar-refractivity contribution in [1.82, 2.24) is 0 Å². The van der Waals surface area contributed by atoms with E-state index >= 15 is 0 Å². The fourth-order valence-electron chi connectivity index (χ4n) is 1.55. The SMILES string of the molecule is CC(C)(C)P(O[Si](C)(C)C)C(C)(C)C. The van der Waals surface area contributed by atoms with Crippen LogP contribution in [-0.2, 0) is 4.21 Å². The highest BCUT2D eigenvalue weighted by Gasteiger charge is 2.38. The lowest BCUT2D eigenvalue weighted by Crippen LogP contribution is -2.33. The third-order valence-electron chi connectivity index (χ3n) is 1.58. The third kappa shape index (κ3) is 5.48. The van der Waals surface area contributed by atoms with Crippen LogP contribution in [0.15, 0.2) is 0 Å². The van der Waals surface area contributed by atoms with Crippen molar-refractivity contribution in [2.75, 3.05) is 0 Å². The second-order valence-electron chi connectivity index (χ2n) is 6.84. The molecule has 0 aliphatic carbocycles. The second-order valence-corrected chi connectivity index (χ2v) is 15.1. The van der Waals surface area contributed by atoms with Crippen molar-refractivity contribution in [3.05, 3.63) is 0 Å². The van der Waals surface area contributed by atoms with Crippen LogP contribution in [-0.4, -0.2) is 18.6 Å². The maximum atomic E-state index is 6.37. The molecule has 0 heterocycles. The first-order valence-corrected chi connectivity index (χ1v) is 10.0. The fraction of sp³-hybridized carbons (Fsp3) is 1.00. The van der Waals surface area contributed by atoms with E-state index in [2.05, 4.69) is 61.2 Å². The zero-order valence-corrected chi connectivity index (χ0v) is 13.2. The molecule has 0 fully saturated rings. The van der Waals surface area contributed by atoms with Gasteiger partial charge < -0.3 is 4.21 Å². The molecular formula is C11H27OPSi. The molecule has 0 amide bonds. The van der Waals surface area contributed by atoms with E-state index in [0.29, 0.717) is 0 Å². The van der Waals surface area contributed by atoms with E-state index in [9.17, 15) is 0 Å². The van der Waals surface area contributed by atoms with Gasteiger partial charge in [0.1, 0.15) is 0 Å². The molecule has 0 N–H and O–H groups in total. The molecule has 0 bridgehead atoms. The molecule has 0 aromatic carbocycles. The molecule has 0 aromatic rings. The Kier molecular flexibility index (Phi) is 4.41. The average molecular weight is 234 g/mol. The quantitative estimate of drug-likeness (QED) is 0.491. The van der Waals surface area contributed by atoms with Gasteiger partial charge in [-0.2, -0.15) is 0 Å². The molecule has 0 saturated carbocycles. The zero-order valence-electron chi connectivity index (χ0n) is 11.4. The van der Waals surface area contributed by atoms with E-state index in [1.54, 1.807) is 0 Å². The maximum absolute atomic E-state index is 6.37. The smallest absolute Gasteiger partial charge is 0.188 e. The molecule has 0 atom stereocenters. The largest absolute Gasteiger partial charge is 0.395 e. The second kappa shape index (κ2) is 4.23. The standard InChI is InChI=1S/C11H27OPSi/c1-10(2,3)13(11(4,5)6)12-14(7,8)9/h1-9H3. The summed E-state index contributed by atoms with van der Waals surface area (Å²) >= 11 is 0. The Morgan fingerprint density at radius 2 is 1.07 bits per heavy atom. The Balaban J connectivity index is 4.78. The Bertz CT molecular complexity index is 169. The van der Waals surface area contributed by atoms with Gasteiger partial charge in [0.05, 0.1) is 0 Å². The van der Waals surface area contributed by atoms with Gasteiger partial charge in [0.15, 0.2) is 8.32 Å². The molecule has 0 radical (unpaired) electrons. The van der Waals surface area contributed by atoms with Gasteiger partial charge in [0, 0.05) is 18.5 Å². The van der Waals surface area contributed by atoms with Crippen LogP contribution in [0.25, 0.3) is 0 Å². The Labute approximate surface area is 92.6 Å². The summed E-state index contributed by atoms with van der Waals surface area (Å²) in [5.41, 5.74) is 0. The Morgan fingerprint density at radius 3 is 1.14 bits per heavy atom. The van der Waals surface area contributed by atoms with Crippen molar-refractivity contribution < 1.29 is 4.21 Å². The van der Waals surface area contributed by atoms with Crippen LogP contribution in [0.1, 0.15) is 41.5 Å². The summed E-state index contributed by atoms with van der Waals surface area (Å²) in [5, 5.41) is 0.571. The lowest BCUT2D eigenvalue weighted by molar-refractivity contribution is 0.533. The van der Waals surface area contributed by atoms with Gasteiger partial charge in [0.25, 0.3) is 0 Å². The van der Waals surface area contributed by atoms with E-state index in [0.717, 1.165) is 0 Å². The molecule has 0 saturated heterocycles. The highest BCUT2D eigenvalue weighted by molar-refractivity contribution is 7.57. The van der Waals surface area contributed by atoms with Gasteiger partial charge in [-0.05, 0) is 19.6 Å². The van der Waals surface area contributed by atoms with Crippen molar-refractivity contribution in [2.45, 2.75) is 71.5 Å². The number of hydrogen-bond donors (Lipinski definition) is 0.